The summed E-state index contributed by atoms with van der Waals surface area (Å²) in [6, 6.07) is 17.6. The van der Waals surface area contributed by atoms with Crippen LogP contribution in [-0.2, 0) is 12.8 Å². The van der Waals surface area contributed by atoms with E-state index in [0.717, 1.165) is 61.5 Å². The van der Waals surface area contributed by atoms with Gasteiger partial charge in [0.05, 0.1) is 13.2 Å². The Morgan fingerprint density at radius 3 is 1.63 bits per heavy atom. The van der Waals surface area contributed by atoms with Crippen molar-refractivity contribution in [2.75, 3.05) is 13.2 Å². The van der Waals surface area contributed by atoms with Crippen LogP contribution in [0.1, 0.15) is 126 Å². The number of unbranched alkanes of at least 4 members (excludes halogenated alkanes) is 12. The van der Waals surface area contributed by atoms with Crippen molar-refractivity contribution >= 4 is 0 Å². The van der Waals surface area contributed by atoms with E-state index < -0.39 is 0 Å². The van der Waals surface area contributed by atoms with Crippen molar-refractivity contribution in [1.29, 1.82) is 0 Å². The lowest BCUT2D eigenvalue weighted by atomic mass is 9.80. The second kappa shape index (κ2) is 18.5. The summed E-state index contributed by atoms with van der Waals surface area (Å²) in [5, 5.41) is 0. The molecule has 0 fully saturated rings. The molecule has 2 aromatic carbocycles. The fraction of sp³-hybridized carbons (Fsp3) is 0.476. The van der Waals surface area contributed by atoms with E-state index in [2.05, 4.69) is 72.3 Å². The van der Waals surface area contributed by atoms with Gasteiger partial charge in [-0.15, -0.1) is 0 Å². The standard InChI is InChI=1S/C42H54N2O2/c1-3-5-7-9-11-13-15-27-45-40-18-17-35-29-36-32-41(46-28-16-14-12-10-8-6-4-2)38(33-19-23-43-24-20-33)30-37(36)31-39(35)42(40)34-21-25-44-26-22-34/h17-26,30,32H,3-16,27-29,31H2,1-2H3. The van der Waals surface area contributed by atoms with Crippen molar-refractivity contribution in [3.05, 3.63) is 95.6 Å². The zero-order chi connectivity index (χ0) is 31.8. The number of pyridine rings is 2. The normalized spacial score (nSPS) is 12.0. The predicted octanol–water partition coefficient (Wildman–Crippen LogP) is 11.6. The summed E-state index contributed by atoms with van der Waals surface area (Å²) >= 11 is 0. The molecular weight excluding hydrogens is 564 g/mol. The Hall–Kier alpha value is -3.66. The molecule has 0 saturated carbocycles. The third-order valence-electron chi connectivity index (χ3n) is 9.39. The maximum Gasteiger partial charge on any atom is 0.127 e. The van der Waals surface area contributed by atoms with Crippen molar-refractivity contribution < 1.29 is 9.47 Å². The molecule has 0 saturated heterocycles. The monoisotopic (exact) mass is 618 g/mol. The van der Waals surface area contributed by atoms with Crippen molar-refractivity contribution in [2.45, 2.75) is 117 Å². The summed E-state index contributed by atoms with van der Waals surface area (Å²) in [6.45, 7) is 6.06. The van der Waals surface area contributed by atoms with Crippen LogP contribution in [0.5, 0.6) is 11.5 Å². The number of benzene rings is 2. The third kappa shape index (κ3) is 9.44. The van der Waals surface area contributed by atoms with Gasteiger partial charge in [0.25, 0.3) is 0 Å². The molecule has 5 rings (SSSR count). The van der Waals surface area contributed by atoms with Crippen LogP contribution in [0.15, 0.2) is 73.3 Å². The largest absolute Gasteiger partial charge is 0.493 e. The Labute approximate surface area is 278 Å². The molecule has 2 heterocycles. The Balaban J connectivity index is 1.34. The van der Waals surface area contributed by atoms with Gasteiger partial charge in [0.1, 0.15) is 11.5 Å². The van der Waals surface area contributed by atoms with Crippen LogP contribution in [0.2, 0.25) is 0 Å². The second-order valence-corrected chi connectivity index (χ2v) is 13.0. The van der Waals surface area contributed by atoms with E-state index in [1.54, 1.807) is 0 Å². The topological polar surface area (TPSA) is 44.2 Å². The van der Waals surface area contributed by atoms with Crippen LogP contribution in [0.3, 0.4) is 0 Å². The van der Waals surface area contributed by atoms with Crippen LogP contribution < -0.4 is 9.47 Å². The molecule has 4 aromatic rings. The number of hydrogen-bond donors (Lipinski definition) is 0. The lowest BCUT2D eigenvalue weighted by molar-refractivity contribution is 0.304. The first-order valence-corrected chi connectivity index (χ1v) is 18.2. The van der Waals surface area contributed by atoms with E-state index in [1.165, 1.54) is 110 Å². The predicted molar refractivity (Wildman–Crippen MR) is 192 cm³/mol. The van der Waals surface area contributed by atoms with E-state index in [1.807, 2.05) is 24.8 Å². The Morgan fingerprint density at radius 2 is 1.02 bits per heavy atom. The molecular formula is C42H54N2O2. The molecule has 46 heavy (non-hydrogen) atoms. The van der Waals surface area contributed by atoms with Crippen molar-refractivity contribution in [3.63, 3.8) is 0 Å². The highest BCUT2D eigenvalue weighted by Crippen LogP contribution is 2.43. The van der Waals surface area contributed by atoms with Gasteiger partial charge in [0, 0.05) is 35.9 Å². The molecule has 0 N–H and O–H groups in total. The van der Waals surface area contributed by atoms with Gasteiger partial charge in [0.2, 0.25) is 0 Å². The summed E-state index contributed by atoms with van der Waals surface area (Å²) in [7, 11) is 0. The minimum absolute atomic E-state index is 0.757. The Bertz CT molecular complexity index is 1450. The zero-order valence-corrected chi connectivity index (χ0v) is 28.4. The summed E-state index contributed by atoms with van der Waals surface area (Å²) in [5.74, 6) is 1.98. The van der Waals surface area contributed by atoms with Gasteiger partial charge in [-0.05, 0) is 102 Å². The van der Waals surface area contributed by atoms with Gasteiger partial charge in [-0.1, -0.05) is 97.0 Å². The third-order valence-corrected chi connectivity index (χ3v) is 9.39. The zero-order valence-electron chi connectivity index (χ0n) is 28.4. The van der Waals surface area contributed by atoms with Crippen LogP contribution in [0, 0.1) is 0 Å². The summed E-state index contributed by atoms with van der Waals surface area (Å²) < 4.78 is 13.1. The molecule has 2 aromatic heterocycles. The molecule has 0 aliphatic heterocycles. The summed E-state index contributed by atoms with van der Waals surface area (Å²) in [5.41, 5.74) is 10.2. The summed E-state index contributed by atoms with van der Waals surface area (Å²) in [4.78, 5) is 8.60. The average Bonchev–Trinajstić information content (AvgIpc) is 3.10. The molecule has 0 bridgehead atoms. The van der Waals surface area contributed by atoms with Crippen molar-refractivity contribution in [1.82, 2.24) is 9.97 Å². The van der Waals surface area contributed by atoms with E-state index in [4.69, 9.17) is 9.47 Å². The van der Waals surface area contributed by atoms with Gasteiger partial charge < -0.3 is 9.47 Å². The number of hydrogen-bond acceptors (Lipinski definition) is 4. The smallest absolute Gasteiger partial charge is 0.127 e. The highest BCUT2D eigenvalue weighted by molar-refractivity contribution is 5.78. The number of ether oxygens (including phenoxy) is 2. The molecule has 244 valence electrons. The Kier molecular flexibility index (Phi) is 13.5. The molecule has 4 heteroatoms. The van der Waals surface area contributed by atoms with E-state index in [0.29, 0.717) is 0 Å². The van der Waals surface area contributed by atoms with Crippen molar-refractivity contribution in [2.24, 2.45) is 0 Å². The molecule has 4 nitrogen and oxygen atoms in total. The molecule has 0 atom stereocenters. The molecule has 0 unspecified atom stereocenters. The maximum absolute atomic E-state index is 6.53. The summed E-state index contributed by atoms with van der Waals surface area (Å²) in [6.07, 6.45) is 27.2. The highest BCUT2D eigenvalue weighted by Gasteiger charge is 2.24. The molecule has 0 radical (unpaired) electrons. The molecule has 1 aliphatic carbocycles. The maximum atomic E-state index is 6.53. The number of aromatic nitrogens is 2. The van der Waals surface area contributed by atoms with Crippen LogP contribution >= 0.6 is 0 Å². The number of fused-ring (bicyclic) bond motifs is 2. The van der Waals surface area contributed by atoms with Crippen molar-refractivity contribution in [3.8, 4) is 33.8 Å². The number of rotatable bonds is 20. The molecule has 0 spiro atoms. The minimum atomic E-state index is 0.757. The van der Waals surface area contributed by atoms with E-state index in [9.17, 15) is 0 Å². The fourth-order valence-electron chi connectivity index (χ4n) is 6.74. The average molecular weight is 619 g/mol. The lowest BCUT2D eigenvalue weighted by Gasteiger charge is -2.26. The quantitative estimate of drug-likeness (QED) is 0.0814. The first kappa shape index (κ1) is 33.7. The van der Waals surface area contributed by atoms with Gasteiger partial charge in [-0.25, -0.2) is 0 Å². The highest BCUT2D eigenvalue weighted by atomic mass is 16.5. The van der Waals surface area contributed by atoms with Gasteiger partial charge in [-0.2, -0.15) is 0 Å². The van der Waals surface area contributed by atoms with Gasteiger partial charge in [-0.3, -0.25) is 9.97 Å². The Morgan fingerprint density at radius 1 is 0.500 bits per heavy atom. The van der Waals surface area contributed by atoms with Gasteiger partial charge in [0.15, 0.2) is 0 Å². The molecule has 0 amide bonds. The van der Waals surface area contributed by atoms with Gasteiger partial charge >= 0.3 is 0 Å². The van der Waals surface area contributed by atoms with Crippen LogP contribution in [0.4, 0.5) is 0 Å². The lowest BCUT2D eigenvalue weighted by Crippen LogP contribution is -2.12. The second-order valence-electron chi connectivity index (χ2n) is 13.0. The van der Waals surface area contributed by atoms with Crippen LogP contribution in [0.25, 0.3) is 22.3 Å². The first-order chi connectivity index (χ1) is 22.8. The SMILES string of the molecule is CCCCCCCCCOc1cc2c(cc1-c1ccncc1)Cc1c(ccc(OCCCCCCCCC)c1-c1ccncc1)C2. The van der Waals surface area contributed by atoms with E-state index >= 15 is 0 Å². The number of nitrogens with zero attached hydrogens (tertiary/aromatic N) is 2. The first-order valence-electron chi connectivity index (χ1n) is 18.2. The van der Waals surface area contributed by atoms with Crippen LogP contribution in [-0.4, -0.2) is 23.2 Å². The van der Waals surface area contributed by atoms with E-state index in [-0.39, 0.29) is 0 Å². The fourth-order valence-corrected chi connectivity index (χ4v) is 6.74. The minimum Gasteiger partial charge on any atom is -0.493 e. The molecule has 1 aliphatic rings.